The maximum absolute atomic E-state index is 11.2. The number of carbonyl (C=O) groups is 2. The second kappa shape index (κ2) is 7.14. The molecule has 5 heteroatoms. The van der Waals surface area contributed by atoms with Crippen LogP contribution in [0.2, 0.25) is 0 Å². The Morgan fingerprint density at radius 2 is 1.76 bits per heavy atom. The summed E-state index contributed by atoms with van der Waals surface area (Å²) in [6.45, 7) is 3.05. The van der Waals surface area contributed by atoms with Gasteiger partial charge in [0, 0.05) is 0 Å². The molecule has 0 aromatic carbocycles. The first-order valence-electron chi connectivity index (χ1n) is 6.09. The molecule has 0 N–H and O–H groups in total. The van der Waals surface area contributed by atoms with E-state index in [4.69, 9.17) is 9.47 Å². The predicted molar refractivity (Wildman–Crippen MR) is 60.2 cm³/mol. The van der Waals surface area contributed by atoms with Gasteiger partial charge in [-0.1, -0.05) is 20.3 Å². The minimum Gasteiger partial charge on any atom is -0.431 e. The molecule has 1 saturated carbocycles. The van der Waals surface area contributed by atoms with Gasteiger partial charge >= 0.3 is 12.1 Å². The van der Waals surface area contributed by atoms with Crippen LogP contribution >= 0.6 is 0 Å². The SMILES string of the molecule is CC(C)C(=O)OCOC(=O)OC1CCCCC1. The third-order valence-electron chi connectivity index (χ3n) is 2.66. The zero-order valence-electron chi connectivity index (χ0n) is 10.4. The van der Waals surface area contributed by atoms with Crippen molar-refractivity contribution in [3.05, 3.63) is 0 Å². The summed E-state index contributed by atoms with van der Waals surface area (Å²) >= 11 is 0. The molecule has 17 heavy (non-hydrogen) atoms. The predicted octanol–water partition coefficient (Wildman–Crippen LogP) is 2.63. The Morgan fingerprint density at radius 3 is 2.35 bits per heavy atom. The number of carbonyl (C=O) groups excluding carboxylic acids is 2. The summed E-state index contributed by atoms with van der Waals surface area (Å²) in [4.78, 5) is 22.3. The minimum atomic E-state index is -0.756. The molecule has 0 atom stereocenters. The Hall–Kier alpha value is -1.26. The Morgan fingerprint density at radius 1 is 1.12 bits per heavy atom. The molecular weight excluding hydrogens is 224 g/mol. The fourth-order valence-electron chi connectivity index (χ4n) is 1.66. The normalized spacial score (nSPS) is 16.6. The Balaban J connectivity index is 2.10. The van der Waals surface area contributed by atoms with E-state index >= 15 is 0 Å². The van der Waals surface area contributed by atoms with Crippen LogP contribution in [0, 0.1) is 5.92 Å². The zero-order valence-corrected chi connectivity index (χ0v) is 10.4. The number of rotatable bonds is 4. The molecule has 0 aromatic heterocycles. The highest BCUT2D eigenvalue weighted by molar-refractivity contribution is 5.71. The molecule has 0 unspecified atom stereocenters. The molecule has 5 nitrogen and oxygen atoms in total. The van der Waals surface area contributed by atoms with Crippen molar-refractivity contribution in [1.82, 2.24) is 0 Å². The minimum absolute atomic E-state index is 0.0444. The molecule has 1 fully saturated rings. The van der Waals surface area contributed by atoms with Crippen molar-refractivity contribution in [2.24, 2.45) is 5.92 Å². The molecule has 0 bridgehead atoms. The van der Waals surface area contributed by atoms with Crippen LogP contribution in [0.15, 0.2) is 0 Å². The van der Waals surface area contributed by atoms with Gasteiger partial charge in [-0.3, -0.25) is 4.79 Å². The van der Waals surface area contributed by atoms with Crippen LogP contribution in [0.5, 0.6) is 0 Å². The molecule has 1 aliphatic rings. The molecule has 0 aliphatic heterocycles. The highest BCUT2D eigenvalue weighted by atomic mass is 16.8. The lowest BCUT2D eigenvalue weighted by Gasteiger charge is -2.21. The van der Waals surface area contributed by atoms with E-state index in [-0.39, 0.29) is 18.8 Å². The van der Waals surface area contributed by atoms with Gasteiger partial charge in [-0.25, -0.2) is 4.79 Å². The molecule has 1 aliphatic carbocycles. The third kappa shape index (κ3) is 5.56. The molecule has 98 valence electrons. The summed E-state index contributed by atoms with van der Waals surface area (Å²) in [5, 5.41) is 0. The first-order chi connectivity index (χ1) is 8.09. The fourth-order valence-corrected chi connectivity index (χ4v) is 1.66. The maximum atomic E-state index is 11.2. The molecule has 0 heterocycles. The van der Waals surface area contributed by atoms with E-state index in [0.29, 0.717) is 0 Å². The van der Waals surface area contributed by atoms with Gasteiger partial charge in [-0.15, -0.1) is 0 Å². The monoisotopic (exact) mass is 244 g/mol. The fraction of sp³-hybridized carbons (Fsp3) is 0.833. The molecule has 0 radical (unpaired) electrons. The van der Waals surface area contributed by atoms with Crippen molar-refractivity contribution in [1.29, 1.82) is 0 Å². The molecule has 0 saturated heterocycles. The van der Waals surface area contributed by atoms with Crippen molar-refractivity contribution >= 4 is 12.1 Å². The van der Waals surface area contributed by atoms with Gasteiger partial charge in [0.2, 0.25) is 6.79 Å². The van der Waals surface area contributed by atoms with Crippen LogP contribution in [0.1, 0.15) is 46.0 Å². The van der Waals surface area contributed by atoms with Crippen molar-refractivity contribution in [2.75, 3.05) is 6.79 Å². The zero-order chi connectivity index (χ0) is 12.7. The van der Waals surface area contributed by atoms with Gasteiger partial charge in [-0.2, -0.15) is 0 Å². The Kier molecular flexibility index (Phi) is 5.80. The van der Waals surface area contributed by atoms with Crippen molar-refractivity contribution in [3.63, 3.8) is 0 Å². The number of esters is 1. The van der Waals surface area contributed by atoms with Crippen LogP contribution in [-0.4, -0.2) is 25.0 Å². The second-order valence-corrected chi connectivity index (χ2v) is 4.51. The van der Waals surface area contributed by atoms with Crippen LogP contribution in [0.25, 0.3) is 0 Å². The van der Waals surface area contributed by atoms with Crippen molar-refractivity contribution in [3.8, 4) is 0 Å². The molecule has 1 rings (SSSR count). The second-order valence-electron chi connectivity index (χ2n) is 4.51. The van der Waals surface area contributed by atoms with Crippen LogP contribution in [0.4, 0.5) is 4.79 Å². The summed E-state index contributed by atoms with van der Waals surface area (Å²) in [5.41, 5.74) is 0. The van der Waals surface area contributed by atoms with E-state index in [1.54, 1.807) is 13.8 Å². The van der Waals surface area contributed by atoms with Gasteiger partial charge in [0.25, 0.3) is 0 Å². The van der Waals surface area contributed by atoms with E-state index in [1.807, 2.05) is 0 Å². The topological polar surface area (TPSA) is 61.8 Å². The average Bonchev–Trinajstić information content (AvgIpc) is 2.30. The number of ether oxygens (including phenoxy) is 3. The maximum Gasteiger partial charge on any atom is 0.511 e. The first-order valence-corrected chi connectivity index (χ1v) is 6.09. The van der Waals surface area contributed by atoms with Gasteiger partial charge in [0.15, 0.2) is 0 Å². The van der Waals surface area contributed by atoms with Gasteiger partial charge in [-0.05, 0) is 25.7 Å². The number of hydrogen-bond acceptors (Lipinski definition) is 5. The lowest BCUT2D eigenvalue weighted by molar-refractivity contribution is -0.157. The summed E-state index contributed by atoms with van der Waals surface area (Å²) in [6.07, 6.45) is 4.34. The van der Waals surface area contributed by atoms with Gasteiger partial charge in [0.1, 0.15) is 6.10 Å². The largest absolute Gasteiger partial charge is 0.511 e. The van der Waals surface area contributed by atoms with Gasteiger partial charge in [0.05, 0.1) is 5.92 Å². The van der Waals surface area contributed by atoms with Gasteiger partial charge < -0.3 is 14.2 Å². The average molecular weight is 244 g/mol. The highest BCUT2D eigenvalue weighted by Gasteiger charge is 2.18. The van der Waals surface area contributed by atoms with E-state index in [9.17, 15) is 9.59 Å². The Labute approximate surface area is 101 Å². The Bertz CT molecular complexity index is 256. The number of hydrogen-bond donors (Lipinski definition) is 0. The van der Waals surface area contributed by atoms with Crippen molar-refractivity contribution in [2.45, 2.75) is 52.1 Å². The molecule has 0 aromatic rings. The van der Waals surface area contributed by atoms with E-state index in [2.05, 4.69) is 4.74 Å². The summed E-state index contributed by atoms with van der Waals surface area (Å²) in [6, 6.07) is 0. The lowest BCUT2D eigenvalue weighted by Crippen LogP contribution is -2.23. The van der Waals surface area contributed by atoms with Crippen LogP contribution in [-0.2, 0) is 19.0 Å². The molecule has 0 amide bonds. The summed E-state index contributed by atoms with van der Waals surface area (Å²) < 4.78 is 14.4. The summed E-state index contributed by atoms with van der Waals surface area (Å²) in [5.74, 6) is -0.622. The smallest absolute Gasteiger partial charge is 0.431 e. The standard InChI is InChI=1S/C12H20O5/c1-9(2)11(13)15-8-16-12(14)17-10-6-4-3-5-7-10/h9-10H,3-8H2,1-2H3. The quantitative estimate of drug-likeness (QED) is 0.562. The van der Waals surface area contributed by atoms with E-state index in [0.717, 1.165) is 25.7 Å². The molecular formula is C12H20O5. The molecule has 0 spiro atoms. The lowest BCUT2D eigenvalue weighted by atomic mass is 9.98. The van der Waals surface area contributed by atoms with E-state index in [1.165, 1.54) is 6.42 Å². The van der Waals surface area contributed by atoms with E-state index < -0.39 is 12.1 Å². The first kappa shape index (κ1) is 13.8. The highest BCUT2D eigenvalue weighted by Crippen LogP contribution is 2.20. The van der Waals surface area contributed by atoms with Crippen LogP contribution in [0.3, 0.4) is 0 Å². The summed E-state index contributed by atoms with van der Waals surface area (Å²) in [7, 11) is 0. The van der Waals surface area contributed by atoms with Crippen LogP contribution < -0.4 is 0 Å². The third-order valence-corrected chi connectivity index (χ3v) is 2.66. The van der Waals surface area contributed by atoms with Crippen molar-refractivity contribution < 1.29 is 23.8 Å².